The molecule has 0 saturated heterocycles. The van der Waals surface area contributed by atoms with E-state index >= 15 is 0 Å². The molecule has 0 aromatic heterocycles. The Hall–Kier alpha value is -2.42. The maximum absolute atomic E-state index is 10.7. The first-order chi connectivity index (χ1) is 8.83. The van der Waals surface area contributed by atoms with Crippen LogP contribution in [0.5, 0.6) is 0 Å². The van der Waals surface area contributed by atoms with Crippen molar-refractivity contribution in [3.05, 3.63) is 65.7 Å². The quantitative estimate of drug-likeness (QED) is 0.468. The van der Waals surface area contributed by atoms with Crippen molar-refractivity contribution in [2.45, 2.75) is 0 Å². The first-order valence-electron chi connectivity index (χ1n) is 5.57. The van der Waals surface area contributed by atoms with Gasteiger partial charge in [-0.2, -0.15) is 0 Å². The largest absolute Gasteiger partial charge is 0.481 e. The van der Waals surface area contributed by atoms with Gasteiger partial charge >= 0.3 is 0 Å². The topological polar surface area (TPSA) is 38.7 Å². The molecule has 0 spiro atoms. The summed E-state index contributed by atoms with van der Waals surface area (Å²) in [4.78, 5) is 15.1. The van der Waals surface area contributed by atoms with Gasteiger partial charge in [-0.05, 0) is 24.3 Å². The van der Waals surface area contributed by atoms with Gasteiger partial charge < -0.3 is 4.74 Å². The van der Waals surface area contributed by atoms with Crippen molar-refractivity contribution in [3.8, 4) is 0 Å². The first-order valence-corrected chi connectivity index (χ1v) is 5.57. The average molecular weight is 239 g/mol. The molecule has 0 radical (unpaired) electrons. The van der Waals surface area contributed by atoms with Crippen molar-refractivity contribution in [3.63, 3.8) is 0 Å². The maximum Gasteiger partial charge on any atom is 0.220 e. The Bertz CT molecular complexity index is 562. The molecule has 0 fully saturated rings. The van der Waals surface area contributed by atoms with Crippen molar-refractivity contribution >= 4 is 17.9 Å². The summed E-state index contributed by atoms with van der Waals surface area (Å²) in [5.41, 5.74) is 2.19. The molecule has 0 N–H and O–H groups in total. The SMILES string of the molecule is CO/C(=N\c1cccc(C=O)c1)c1ccccc1. The van der Waals surface area contributed by atoms with E-state index in [1.54, 1.807) is 25.3 Å². The normalized spacial score (nSPS) is 11.1. The Labute approximate surface area is 106 Å². The second kappa shape index (κ2) is 5.77. The Kier molecular flexibility index (Phi) is 3.86. The molecule has 2 aromatic carbocycles. The van der Waals surface area contributed by atoms with E-state index < -0.39 is 0 Å². The number of benzene rings is 2. The van der Waals surface area contributed by atoms with Crippen LogP contribution in [0, 0.1) is 0 Å². The van der Waals surface area contributed by atoms with Crippen LogP contribution < -0.4 is 0 Å². The molecule has 2 rings (SSSR count). The van der Waals surface area contributed by atoms with Gasteiger partial charge in [0.2, 0.25) is 5.90 Å². The van der Waals surface area contributed by atoms with Crippen LogP contribution in [0.4, 0.5) is 5.69 Å². The number of hydrogen-bond donors (Lipinski definition) is 0. The lowest BCUT2D eigenvalue weighted by atomic mass is 10.2. The summed E-state index contributed by atoms with van der Waals surface area (Å²) in [6.45, 7) is 0. The van der Waals surface area contributed by atoms with Gasteiger partial charge in [-0.25, -0.2) is 4.99 Å². The molecule has 2 aromatic rings. The molecule has 0 unspecified atom stereocenters. The standard InChI is InChI=1S/C15H13NO2/c1-18-15(13-7-3-2-4-8-13)16-14-9-5-6-12(10-14)11-17/h2-11H,1H3/b16-15-. The van der Waals surface area contributed by atoms with Crippen LogP contribution in [0.25, 0.3) is 0 Å². The van der Waals surface area contributed by atoms with Gasteiger partial charge in [0.25, 0.3) is 0 Å². The van der Waals surface area contributed by atoms with Gasteiger partial charge in [0.1, 0.15) is 6.29 Å². The maximum atomic E-state index is 10.7. The molecule has 0 aliphatic carbocycles. The number of nitrogens with zero attached hydrogens (tertiary/aromatic N) is 1. The molecule has 3 heteroatoms. The highest BCUT2D eigenvalue weighted by atomic mass is 16.5. The molecule has 0 bridgehead atoms. The Morgan fingerprint density at radius 3 is 2.56 bits per heavy atom. The van der Waals surface area contributed by atoms with E-state index in [0.717, 1.165) is 11.8 Å². The van der Waals surface area contributed by atoms with E-state index in [1.165, 1.54) is 0 Å². The summed E-state index contributed by atoms with van der Waals surface area (Å²) in [5, 5.41) is 0. The third kappa shape index (κ3) is 2.83. The minimum atomic E-state index is 0.527. The van der Waals surface area contributed by atoms with E-state index in [9.17, 15) is 4.79 Å². The van der Waals surface area contributed by atoms with Gasteiger partial charge in [-0.3, -0.25) is 4.79 Å². The molecule has 0 aliphatic rings. The Balaban J connectivity index is 2.37. The molecule has 0 atom stereocenters. The molecule has 3 nitrogen and oxygen atoms in total. The lowest BCUT2D eigenvalue weighted by Gasteiger charge is -2.05. The van der Waals surface area contributed by atoms with Crippen LogP contribution in [0.3, 0.4) is 0 Å². The second-order valence-corrected chi connectivity index (χ2v) is 3.70. The summed E-state index contributed by atoms with van der Waals surface area (Å²) in [7, 11) is 1.58. The molecular weight excluding hydrogens is 226 g/mol. The number of carbonyl (C=O) groups excluding carboxylic acids is 1. The van der Waals surface area contributed by atoms with Gasteiger partial charge in [0.15, 0.2) is 0 Å². The Morgan fingerprint density at radius 2 is 1.89 bits per heavy atom. The Morgan fingerprint density at radius 1 is 1.11 bits per heavy atom. The molecule has 18 heavy (non-hydrogen) atoms. The summed E-state index contributed by atoms with van der Waals surface area (Å²) in [5.74, 6) is 0.527. The number of aldehydes is 1. The van der Waals surface area contributed by atoms with Gasteiger partial charge in [-0.15, -0.1) is 0 Å². The molecule has 0 aliphatic heterocycles. The number of methoxy groups -OCH3 is 1. The number of ether oxygens (including phenoxy) is 1. The number of aliphatic imine (C=N–C) groups is 1. The number of carbonyl (C=O) groups is 1. The van der Waals surface area contributed by atoms with Crippen LogP contribution in [0.2, 0.25) is 0 Å². The number of rotatable bonds is 3. The number of hydrogen-bond acceptors (Lipinski definition) is 3. The highest BCUT2D eigenvalue weighted by molar-refractivity contribution is 5.95. The van der Waals surface area contributed by atoms with Crippen molar-refractivity contribution < 1.29 is 9.53 Å². The van der Waals surface area contributed by atoms with Crippen LogP contribution in [-0.2, 0) is 4.74 Å². The highest BCUT2D eigenvalue weighted by Gasteiger charge is 2.02. The lowest BCUT2D eigenvalue weighted by molar-refractivity contribution is 0.112. The van der Waals surface area contributed by atoms with Crippen molar-refractivity contribution in [1.82, 2.24) is 0 Å². The van der Waals surface area contributed by atoms with Gasteiger partial charge in [0.05, 0.1) is 12.8 Å². The zero-order valence-electron chi connectivity index (χ0n) is 10.0. The summed E-state index contributed by atoms with van der Waals surface area (Å²) < 4.78 is 5.28. The fourth-order valence-electron chi connectivity index (χ4n) is 1.59. The van der Waals surface area contributed by atoms with Crippen LogP contribution in [0.1, 0.15) is 15.9 Å². The third-order valence-corrected chi connectivity index (χ3v) is 2.45. The van der Waals surface area contributed by atoms with Crippen LogP contribution in [-0.4, -0.2) is 19.3 Å². The molecular formula is C15H13NO2. The average Bonchev–Trinajstić information content (AvgIpc) is 2.46. The predicted molar refractivity (Wildman–Crippen MR) is 71.5 cm³/mol. The minimum Gasteiger partial charge on any atom is -0.481 e. The van der Waals surface area contributed by atoms with Crippen molar-refractivity contribution in [1.29, 1.82) is 0 Å². The van der Waals surface area contributed by atoms with E-state index in [2.05, 4.69) is 4.99 Å². The van der Waals surface area contributed by atoms with E-state index in [4.69, 9.17) is 4.74 Å². The molecule has 0 heterocycles. The monoisotopic (exact) mass is 239 g/mol. The molecule has 90 valence electrons. The molecule has 0 saturated carbocycles. The summed E-state index contributed by atoms with van der Waals surface area (Å²) in [6, 6.07) is 16.7. The zero-order chi connectivity index (χ0) is 12.8. The lowest BCUT2D eigenvalue weighted by Crippen LogP contribution is -2.02. The molecule has 0 amide bonds. The highest BCUT2D eigenvalue weighted by Crippen LogP contribution is 2.15. The van der Waals surface area contributed by atoms with Gasteiger partial charge in [-0.1, -0.05) is 30.3 Å². The second-order valence-electron chi connectivity index (χ2n) is 3.70. The van der Waals surface area contributed by atoms with E-state index in [0.29, 0.717) is 17.1 Å². The van der Waals surface area contributed by atoms with E-state index in [-0.39, 0.29) is 0 Å². The van der Waals surface area contributed by atoms with Crippen molar-refractivity contribution in [2.75, 3.05) is 7.11 Å². The predicted octanol–water partition coefficient (Wildman–Crippen LogP) is 3.22. The van der Waals surface area contributed by atoms with E-state index in [1.807, 2.05) is 36.4 Å². The fraction of sp³-hybridized carbons (Fsp3) is 0.0667. The summed E-state index contributed by atoms with van der Waals surface area (Å²) >= 11 is 0. The van der Waals surface area contributed by atoms with Crippen molar-refractivity contribution in [2.24, 2.45) is 4.99 Å². The smallest absolute Gasteiger partial charge is 0.220 e. The minimum absolute atomic E-state index is 0.527. The fourth-order valence-corrected chi connectivity index (χ4v) is 1.59. The van der Waals surface area contributed by atoms with Crippen LogP contribution >= 0.6 is 0 Å². The third-order valence-electron chi connectivity index (χ3n) is 2.45. The zero-order valence-corrected chi connectivity index (χ0v) is 10.0. The van der Waals surface area contributed by atoms with Crippen LogP contribution in [0.15, 0.2) is 59.6 Å². The summed E-state index contributed by atoms with van der Waals surface area (Å²) in [6.07, 6.45) is 0.800. The first kappa shape index (κ1) is 12.0. The van der Waals surface area contributed by atoms with Gasteiger partial charge in [0, 0.05) is 11.1 Å².